The standard InChI is InChI=1S/C14H15N3S2/c1-10(15-4-2-12-8-18-9-17-12)11-6-14-13(16-7-11)3-5-19-14/h3,5-10,15H,2,4H2,1H3. The third-order valence-electron chi connectivity index (χ3n) is 3.14. The van der Waals surface area contributed by atoms with Crippen LogP contribution >= 0.6 is 22.7 Å². The minimum atomic E-state index is 0.317. The molecule has 0 saturated heterocycles. The van der Waals surface area contributed by atoms with Gasteiger partial charge in [-0.1, -0.05) is 0 Å². The highest BCUT2D eigenvalue weighted by atomic mass is 32.1. The maximum Gasteiger partial charge on any atom is 0.0809 e. The van der Waals surface area contributed by atoms with Gasteiger partial charge in [0.05, 0.1) is 21.4 Å². The van der Waals surface area contributed by atoms with Gasteiger partial charge in [0.2, 0.25) is 0 Å². The molecule has 1 atom stereocenters. The largest absolute Gasteiger partial charge is 0.310 e. The van der Waals surface area contributed by atoms with E-state index in [0.717, 1.165) is 24.2 Å². The third-order valence-corrected chi connectivity index (χ3v) is 4.63. The molecule has 0 radical (unpaired) electrons. The van der Waals surface area contributed by atoms with Gasteiger partial charge in [-0.3, -0.25) is 4.98 Å². The van der Waals surface area contributed by atoms with E-state index >= 15 is 0 Å². The van der Waals surface area contributed by atoms with Gasteiger partial charge in [-0.2, -0.15) is 0 Å². The number of pyridine rings is 1. The third kappa shape index (κ3) is 3.00. The summed E-state index contributed by atoms with van der Waals surface area (Å²) in [5.41, 5.74) is 5.38. The number of thiophene rings is 1. The van der Waals surface area contributed by atoms with Crippen molar-refractivity contribution in [3.63, 3.8) is 0 Å². The van der Waals surface area contributed by atoms with Crippen molar-refractivity contribution in [2.24, 2.45) is 0 Å². The number of thiazole rings is 1. The Morgan fingerprint density at radius 3 is 3.16 bits per heavy atom. The first kappa shape index (κ1) is 12.7. The molecule has 98 valence electrons. The number of hydrogen-bond acceptors (Lipinski definition) is 5. The summed E-state index contributed by atoms with van der Waals surface area (Å²) >= 11 is 3.39. The molecule has 19 heavy (non-hydrogen) atoms. The summed E-state index contributed by atoms with van der Waals surface area (Å²) in [6.45, 7) is 3.12. The van der Waals surface area contributed by atoms with E-state index in [1.54, 1.807) is 22.7 Å². The minimum absolute atomic E-state index is 0.317. The van der Waals surface area contributed by atoms with E-state index in [-0.39, 0.29) is 0 Å². The number of nitrogens with zero attached hydrogens (tertiary/aromatic N) is 2. The lowest BCUT2D eigenvalue weighted by Crippen LogP contribution is -2.21. The number of nitrogens with one attached hydrogen (secondary N) is 1. The first-order valence-corrected chi connectivity index (χ1v) is 8.09. The summed E-state index contributed by atoms with van der Waals surface area (Å²) in [6, 6.07) is 4.61. The van der Waals surface area contributed by atoms with Crippen molar-refractivity contribution in [3.05, 3.63) is 45.9 Å². The molecular weight excluding hydrogens is 274 g/mol. The van der Waals surface area contributed by atoms with Gasteiger partial charge in [-0.05, 0) is 30.0 Å². The van der Waals surface area contributed by atoms with Crippen molar-refractivity contribution in [2.75, 3.05) is 6.54 Å². The van der Waals surface area contributed by atoms with Crippen LogP contribution in [0.4, 0.5) is 0 Å². The zero-order valence-electron chi connectivity index (χ0n) is 10.7. The second kappa shape index (κ2) is 5.77. The molecule has 3 heterocycles. The molecule has 0 aromatic carbocycles. The molecule has 3 rings (SSSR count). The fourth-order valence-corrected chi connectivity index (χ4v) is 3.38. The Balaban J connectivity index is 1.61. The van der Waals surface area contributed by atoms with Gasteiger partial charge >= 0.3 is 0 Å². The molecule has 0 saturated carbocycles. The van der Waals surface area contributed by atoms with Crippen LogP contribution in [0, 0.1) is 0 Å². The van der Waals surface area contributed by atoms with E-state index in [1.165, 1.54) is 10.3 Å². The summed E-state index contributed by atoms with van der Waals surface area (Å²) in [5, 5.41) is 7.71. The summed E-state index contributed by atoms with van der Waals surface area (Å²) < 4.78 is 1.26. The minimum Gasteiger partial charge on any atom is -0.310 e. The second-order valence-corrected chi connectivity index (χ2v) is 6.14. The average molecular weight is 289 g/mol. The van der Waals surface area contributed by atoms with Gasteiger partial charge in [0.1, 0.15) is 0 Å². The lowest BCUT2D eigenvalue weighted by molar-refractivity contribution is 0.574. The second-order valence-electron chi connectivity index (χ2n) is 4.48. The van der Waals surface area contributed by atoms with Crippen molar-refractivity contribution in [1.29, 1.82) is 0 Å². The van der Waals surface area contributed by atoms with Gasteiger partial charge in [-0.15, -0.1) is 22.7 Å². The number of aromatic nitrogens is 2. The molecule has 3 aromatic heterocycles. The lowest BCUT2D eigenvalue weighted by atomic mass is 10.1. The smallest absolute Gasteiger partial charge is 0.0809 e. The lowest BCUT2D eigenvalue weighted by Gasteiger charge is -2.13. The summed E-state index contributed by atoms with van der Waals surface area (Å²) in [6.07, 6.45) is 2.94. The highest BCUT2D eigenvalue weighted by molar-refractivity contribution is 7.17. The molecule has 0 amide bonds. The molecule has 0 bridgehead atoms. The van der Waals surface area contributed by atoms with Crippen LogP contribution in [0.2, 0.25) is 0 Å². The van der Waals surface area contributed by atoms with Crippen LogP contribution in [0.5, 0.6) is 0 Å². The van der Waals surface area contributed by atoms with Gasteiger partial charge in [0.25, 0.3) is 0 Å². The van der Waals surface area contributed by atoms with Crippen molar-refractivity contribution < 1.29 is 0 Å². The molecule has 0 fully saturated rings. The molecule has 0 spiro atoms. The van der Waals surface area contributed by atoms with Crippen LogP contribution in [0.15, 0.2) is 34.6 Å². The van der Waals surface area contributed by atoms with Crippen LogP contribution in [0.1, 0.15) is 24.2 Å². The highest BCUT2D eigenvalue weighted by Gasteiger charge is 2.07. The Morgan fingerprint density at radius 2 is 2.32 bits per heavy atom. The van der Waals surface area contributed by atoms with E-state index in [2.05, 4.69) is 45.1 Å². The van der Waals surface area contributed by atoms with Gasteiger partial charge in [0.15, 0.2) is 0 Å². The van der Waals surface area contributed by atoms with E-state index in [9.17, 15) is 0 Å². The number of rotatable bonds is 5. The highest BCUT2D eigenvalue weighted by Crippen LogP contribution is 2.22. The summed E-state index contributed by atoms with van der Waals surface area (Å²) in [4.78, 5) is 8.77. The van der Waals surface area contributed by atoms with E-state index < -0.39 is 0 Å². The molecule has 0 aliphatic rings. The van der Waals surface area contributed by atoms with E-state index in [1.807, 2.05) is 11.7 Å². The van der Waals surface area contributed by atoms with Crippen LogP contribution in [0.3, 0.4) is 0 Å². The van der Waals surface area contributed by atoms with E-state index in [4.69, 9.17) is 0 Å². The molecule has 1 unspecified atom stereocenters. The number of fused-ring (bicyclic) bond motifs is 1. The van der Waals surface area contributed by atoms with Crippen molar-refractivity contribution in [3.8, 4) is 0 Å². The van der Waals surface area contributed by atoms with Crippen LogP contribution < -0.4 is 5.32 Å². The quantitative estimate of drug-likeness (QED) is 0.779. The monoisotopic (exact) mass is 289 g/mol. The summed E-state index contributed by atoms with van der Waals surface area (Å²) in [7, 11) is 0. The Kier molecular flexibility index (Phi) is 3.87. The topological polar surface area (TPSA) is 37.8 Å². The van der Waals surface area contributed by atoms with Crippen LogP contribution in [-0.2, 0) is 6.42 Å². The van der Waals surface area contributed by atoms with E-state index in [0.29, 0.717) is 6.04 Å². The molecule has 1 N–H and O–H groups in total. The van der Waals surface area contributed by atoms with Crippen LogP contribution in [-0.4, -0.2) is 16.5 Å². The van der Waals surface area contributed by atoms with Gasteiger partial charge in [-0.25, -0.2) is 4.98 Å². The van der Waals surface area contributed by atoms with Gasteiger partial charge < -0.3 is 5.32 Å². The van der Waals surface area contributed by atoms with Gasteiger partial charge in [0, 0.05) is 30.6 Å². The normalized spacial score (nSPS) is 12.9. The Morgan fingerprint density at radius 1 is 1.37 bits per heavy atom. The fourth-order valence-electron chi connectivity index (χ4n) is 1.99. The molecule has 3 aromatic rings. The van der Waals surface area contributed by atoms with Crippen molar-refractivity contribution in [1.82, 2.24) is 15.3 Å². The predicted molar refractivity (Wildman–Crippen MR) is 81.9 cm³/mol. The molecular formula is C14H15N3S2. The zero-order chi connectivity index (χ0) is 13.1. The van der Waals surface area contributed by atoms with Crippen LogP contribution in [0.25, 0.3) is 10.2 Å². The molecule has 0 aliphatic carbocycles. The van der Waals surface area contributed by atoms with Crippen molar-refractivity contribution >= 4 is 32.9 Å². The predicted octanol–water partition coefficient (Wildman–Crippen LogP) is 3.65. The summed E-state index contributed by atoms with van der Waals surface area (Å²) in [5.74, 6) is 0. The maximum absolute atomic E-state index is 4.48. The average Bonchev–Trinajstić information content (AvgIpc) is 3.08. The molecule has 3 nitrogen and oxygen atoms in total. The molecule has 5 heteroatoms. The SMILES string of the molecule is CC(NCCc1cscn1)c1cnc2ccsc2c1. The Labute approximate surface area is 120 Å². The fraction of sp³-hybridized carbons (Fsp3) is 0.286. The maximum atomic E-state index is 4.48. The first-order valence-electron chi connectivity index (χ1n) is 6.26. The number of hydrogen-bond donors (Lipinski definition) is 1. The zero-order valence-corrected chi connectivity index (χ0v) is 12.3. The Hall–Kier alpha value is -1.30. The molecule has 0 aliphatic heterocycles. The van der Waals surface area contributed by atoms with Crippen molar-refractivity contribution in [2.45, 2.75) is 19.4 Å². The first-order chi connectivity index (χ1) is 9.33. The Bertz CT molecular complexity index is 646.